The number of carbonyl (C=O) groups is 2. The molecule has 0 saturated carbocycles. The van der Waals surface area contributed by atoms with Crippen LogP contribution in [0.3, 0.4) is 0 Å². The predicted octanol–water partition coefficient (Wildman–Crippen LogP) is 7.38. The summed E-state index contributed by atoms with van der Waals surface area (Å²) in [5.74, 6) is -0.892. The van der Waals surface area contributed by atoms with Gasteiger partial charge in [-0.05, 0) is 24.0 Å². The lowest BCUT2D eigenvalue weighted by molar-refractivity contribution is -0.146. The van der Waals surface area contributed by atoms with Crippen LogP contribution >= 0.6 is 0 Å². The lowest BCUT2D eigenvalue weighted by Gasteiger charge is -2.37. The van der Waals surface area contributed by atoms with Crippen molar-refractivity contribution in [2.45, 2.75) is 110 Å². The zero-order valence-electron chi connectivity index (χ0n) is 22.2. The SMILES string of the molecule is CCCCCCC[C@H](OCc1ccccc1)[C@H](CC(=O)O)N(Cc1ccccc1)C(=O)CCCCC. The third-order valence-corrected chi connectivity index (χ3v) is 6.62. The van der Waals surface area contributed by atoms with Crippen molar-refractivity contribution in [2.24, 2.45) is 0 Å². The molecule has 5 heteroatoms. The molecular formula is C31H45NO4. The first-order valence-electron chi connectivity index (χ1n) is 13.8. The van der Waals surface area contributed by atoms with Crippen molar-refractivity contribution >= 4 is 11.9 Å². The number of benzene rings is 2. The van der Waals surface area contributed by atoms with Crippen molar-refractivity contribution in [1.82, 2.24) is 4.90 Å². The molecule has 1 amide bonds. The van der Waals surface area contributed by atoms with E-state index in [1.165, 1.54) is 12.8 Å². The highest BCUT2D eigenvalue weighted by atomic mass is 16.5. The van der Waals surface area contributed by atoms with Gasteiger partial charge in [0.2, 0.25) is 5.91 Å². The molecule has 0 bridgehead atoms. The highest BCUT2D eigenvalue weighted by Crippen LogP contribution is 2.24. The Labute approximate surface area is 217 Å². The number of hydrogen-bond acceptors (Lipinski definition) is 3. The smallest absolute Gasteiger partial charge is 0.305 e. The summed E-state index contributed by atoms with van der Waals surface area (Å²) in [5, 5.41) is 9.88. The first-order valence-corrected chi connectivity index (χ1v) is 13.8. The molecule has 5 nitrogen and oxygen atoms in total. The molecule has 2 aromatic rings. The molecule has 0 saturated heterocycles. The van der Waals surface area contributed by atoms with Gasteiger partial charge in [-0.25, -0.2) is 0 Å². The fourth-order valence-electron chi connectivity index (χ4n) is 4.57. The Bertz CT molecular complexity index is 855. The van der Waals surface area contributed by atoms with Gasteiger partial charge in [0.05, 0.1) is 25.2 Å². The summed E-state index contributed by atoms with van der Waals surface area (Å²) in [5.41, 5.74) is 2.05. The van der Waals surface area contributed by atoms with E-state index in [0.29, 0.717) is 19.6 Å². The van der Waals surface area contributed by atoms with Crippen LogP contribution < -0.4 is 0 Å². The quantitative estimate of drug-likeness (QED) is 0.206. The number of carboxylic acids is 1. The Hall–Kier alpha value is -2.66. The Morgan fingerprint density at radius 1 is 0.806 bits per heavy atom. The first kappa shape index (κ1) is 29.6. The van der Waals surface area contributed by atoms with Gasteiger partial charge < -0.3 is 14.7 Å². The number of rotatable bonds is 19. The second-order valence-corrected chi connectivity index (χ2v) is 9.67. The summed E-state index contributed by atoms with van der Waals surface area (Å²) >= 11 is 0. The fourth-order valence-corrected chi connectivity index (χ4v) is 4.57. The van der Waals surface area contributed by atoms with Crippen LogP contribution in [0.15, 0.2) is 60.7 Å². The van der Waals surface area contributed by atoms with Crippen LogP contribution in [-0.4, -0.2) is 34.0 Å². The third-order valence-electron chi connectivity index (χ3n) is 6.62. The molecule has 0 unspecified atom stereocenters. The number of unbranched alkanes of at least 4 members (excludes halogenated alkanes) is 6. The van der Waals surface area contributed by atoms with Crippen LogP contribution in [0.25, 0.3) is 0 Å². The number of nitrogens with zero attached hydrogens (tertiary/aromatic N) is 1. The van der Waals surface area contributed by atoms with E-state index >= 15 is 0 Å². The predicted molar refractivity (Wildman–Crippen MR) is 146 cm³/mol. The average Bonchev–Trinajstić information content (AvgIpc) is 2.89. The number of carbonyl (C=O) groups excluding carboxylic acids is 1. The minimum atomic E-state index is -0.904. The lowest BCUT2D eigenvalue weighted by atomic mass is 9.97. The van der Waals surface area contributed by atoms with E-state index in [9.17, 15) is 14.7 Å². The summed E-state index contributed by atoms with van der Waals surface area (Å²) in [7, 11) is 0. The van der Waals surface area contributed by atoms with E-state index in [0.717, 1.165) is 56.1 Å². The number of amides is 1. The number of ether oxygens (including phenoxy) is 1. The maximum Gasteiger partial charge on any atom is 0.305 e. The summed E-state index contributed by atoms with van der Waals surface area (Å²) in [4.78, 5) is 27.4. The van der Waals surface area contributed by atoms with E-state index in [1.807, 2.05) is 60.7 Å². The Morgan fingerprint density at radius 2 is 1.39 bits per heavy atom. The Balaban J connectivity index is 2.30. The fraction of sp³-hybridized carbons (Fsp3) is 0.548. The third kappa shape index (κ3) is 11.4. The van der Waals surface area contributed by atoms with Gasteiger partial charge in [-0.3, -0.25) is 9.59 Å². The maximum absolute atomic E-state index is 13.5. The van der Waals surface area contributed by atoms with Crippen molar-refractivity contribution in [1.29, 1.82) is 0 Å². The zero-order valence-corrected chi connectivity index (χ0v) is 22.2. The van der Waals surface area contributed by atoms with Crippen LogP contribution in [0.5, 0.6) is 0 Å². The summed E-state index contributed by atoms with van der Waals surface area (Å²) < 4.78 is 6.44. The number of carboxylic acid groups (broad SMARTS) is 1. The second kappa shape index (κ2) is 17.7. The molecule has 0 aliphatic carbocycles. The van der Waals surface area contributed by atoms with Crippen LogP contribution in [0.4, 0.5) is 0 Å². The molecule has 0 spiro atoms. The molecule has 1 N–H and O–H groups in total. The molecule has 2 rings (SSSR count). The zero-order chi connectivity index (χ0) is 26.0. The molecule has 0 aliphatic rings. The highest BCUT2D eigenvalue weighted by molar-refractivity contribution is 5.77. The molecule has 36 heavy (non-hydrogen) atoms. The monoisotopic (exact) mass is 495 g/mol. The summed E-state index contributed by atoms with van der Waals surface area (Å²) in [6.45, 7) is 5.11. The topological polar surface area (TPSA) is 66.8 Å². The largest absolute Gasteiger partial charge is 0.481 e. The van der Waals surface area contributed by atoms with Gasteiger partial charge in [0, 0.05) is 13.0 Å². The number of hydrogen-bond donors (Lipinski definition) is 1. The maximum atomic E-state index is 13.5. The highest BCUT2D eigenvalue weighted by Gasteiger charge is 2.33. The summed E-state index contributed by atoms with van der Waals surface area (Å²) in [6.07, 6.45) is 9.10. The van der Waals surface area contributed by atoms with Gasteiger partial charge in [-0.1, -0.05) is 119 Å². The van der Waals surface area contributed by atoms with Crippen molar-refractivity contribution < 1.29 is 19.4 Å². The Kier molecular flexibility index (Phi) is 14.6. The first-order chi connectivity index (χ1) is 17.5. The van der Waals surface area contributed by atoms with E-state index in [2.05, 4.69) is 13.8 Å². The molecule has 0 fully saturated rings. The Morgan fingerprint density at radius 3 is 2.00 bits per heavy atom. The second-order valence-electron chi connectivity index (χ2n) is 9.67. The van der Waals surface area contributed by atoms with Gasteiger partial charge in [0.1, 0.15) is 0 Å². The molecule has 2 atom stereocenters. The van der Waals surface area contributed by atoms with Crippen LogP contribution in [0.1, 0.15) is 95.6 Å². The van der Waals surface area contributed by atoms with Crippen LogP contribution in [0.2, 0.25) is 0 Å². The van der Waals surface area contributed by atoms with Crippen LogP contribution in [0, 0.1) is 0 Å². The van der Waals surface area contributed by atoms with Gasteiger partial charge >= 0.3 is 5.97 Å². The molecule has 2 aromatic carbocycles. The standard InChI is InChI=1S/C31H45NO4/c1-3-5-7-8-16-21-29(36-25-27-19-14-10-15-20-27)28(23-31(34)35)32(30(33)22-11-6-4-2)24-26-17-12-9-13-18-26/h9-10,12-15,17-20,28-29H,3-8,11,16,21-25H2,1-2H3,(H,34,35)/t28-,29-/m0/s1. The van der Waals surface area contributed by atoms with Gasteiger partial charge in [-0.15, -0.1) is 0 Å². The van der Waals surface area contributed by atoms with Crippen LogP contribution in [-0.2, 0) is 27.5 Å². The average molecular weight is 496 g/mol. The van der Waals surface area contributed by atoms with Gasteiger partial charge in [0.25, 0.3) is 0 Å². The molecule has 0 heterocycles. The van der Waals surface area contributed by atoms with Gasteiger partial charge in [0.15, 0.2) is 0 Å². The molecule has 0 aromatic heterocycles. The molecule has 198 valence electrons. The van der Waals surface area contributed by atoms with E-state index in [1.54, 1.807) is 4.90 Å². The minimum absolute atomic E-state index is 0.0119. The molecule has 0 radical (unpaired) electrons. The van der Waals surface area contributed by atoms with Gasteiger partial charge in [-0.2, -0.15) is 0 Å². The van der Waals surface area contributed by atoms with Crippen molar-refractivity contribution in [3.63, 3.8) is 0 Å². The lowest BCUT2D eigenvalue weighted by Crippen LogP contribution is -2.48. The molecular weight excluding hydrogens is 450 g/mol. The number of aliphatic carboxylic acids is 1. The van der Waals surface area contributed by atoms with Crippen molar-refractivity contribution in [3.05, 3.63) is 71.8 Å². The summed E-state index contributed by atoms with van der Waals surface area (Å²) in [6, 6.07) is 19.3. The minimum Gasteiger partial charge on any atom is -0.481 e. The normalized spacial score (nSPS) is 12.7. The molecule has 0 aliphatic heterocycles. The van der Waals surface area contributed by atoms with Crippen molar-refractivity contribution in [2.75, 3.05) is 0 Å². The van der Waals surface area contributed by atoms with E-state index < -0.39 is 12.0 Å². The van der Waals surface area contributed by atoms with E-state index in [-0.39, 0.29) is 18.4 Å². The van der Waals surface area contributed by atoms with Crippen molar-refractivity contribution in [3.8, 4) is 0 Å². The van der Waals surface area contributed by atoms with E-state index in [4.69, 9.17) is 4.74 Å².